The summed E-state index contributed by atoms with van der Waals surface area (Å²) < 4.78 is 45.5. The number of nitrogens with one attached hydrogen (secondary N) is 1. The highest BCUT2D eigenvalue weighted by Crippen LogP contribution is 2.34. The second kappa shape index (κ2) is 13.5. The molecule has 0 spiro atoms. The van der Waals surface area contributed by atoms with Crippen LogP contribution in [0.4, 0.5) is 18.9 Å². The van der Waals surface area contributed by atoms with Crippen molar-refractivity contribution in [3.8, 4) is 22.7 Å². The Balaban J connectivity index is 0.968. The predicted molar refractivity (Wildman–Crippen MR) is 181 cm³/mol. The van der Waals surface area contributed by atoms with Crippen molar-refractivity contribution >= 4 is 34.0 Å². The lowest BCUT2D eigenvalue weighted by Gasteiger charge is -2.29. The number of nitrogens with zero attached hydrogens (tertiary/aromatic N) is 7. The average molecular weight is 685 g/mol. The monoisotopic (exact) mass is 684 g/mol. The first-order valence-electron chi connectivity index (χ1n) is 16.5. The maximum absolute atomic E-state index is 13.8. The number of rotatable bonds is 8. The molecule has 5 aromatic rings. The molecule has 2 aliphatic rings. The zero-order valence-electron chi connectivity index (χ0n) is 27.6. The van der Waals surface area contributed by atoms with E-state index in [9.17, 15) is 22.8 Å². The van der Waals surface area contributed by atoms with Crippen LogP contribution in [0.2, 0.25) is 0 Å². The van der Waals surface area contributed by atoms with Crippen LogP contribution in [0.1, 0.15) is 36.9 Å². The number of aryl methyl sites for hydroxylation is 1. The fraction of sp³-hybridized carbons (Fsp3) is 0.333. The third-order valence-corrected chi connectivity index (χ3v) is 9.34. The van der Waals surface area contributed by atoms with Gasteiger partial charge < -0.3 is 14.2 Å². The maximum atomic E-state index is 13.8. The van der Waals surface area contributed by atoms with Crippen molar-refractivity contribution in [2.75, 3.05) is 44.2 Å². The molecule has 258 valence electrons. The van der Waals surface area contributed by atoms with E-state index in [2.05, 4.69) is 31.5 Å². The number of benzene rings is 2. The van der Waals surface area contributed by atoms with Crippen LogP contribution >= 0.6 is 0 Å². The molecule has 7 rings (SSSR count). The molecule has 2 aromatic carbocycles. The number of likely N-dealkylation sites (tertiary alicyclic amines) is 1. The van der Waals surface area contributed by atoms with Crippen molar-refractivity contribution in [1.29, 1.82) is 0 Å². The van der Waals surface area contributed by atoms with E-state index in [0.717, 1.165) is 29.8 Å². The number of hydrogen-bond acceptors (Lipinski definition) is 8. The van der Waals surface area contributed by atoms with E-state index in [-0.39, 0.29) is 29.8 Å². The van der Waals surface area contributed by atoms with Gasteiger partial charge in [-0.3, -0.25) is 24.6 Å². The molecule has 1 atom stereocenters. The third-order valence-electron chi connectivity index (χ3n) is 9.34. The van der Waals surface area contributed by atoms with Gasteiger partial charge in [-0.05, 0) is 79.9 Å². The fourth-order valence-corrected chi connectivity index (χ4v) is 6.68. The van der Waals surface area contributed by atoms with Crippen LogP contribution in [0.5, 0.6) is 0 Å². The van der Waals surface area contributed by atoms with Crippen molar-refractivity contribution in [3.05, 3.63) is 84.0 Å². The summed E-state index contributed by atoms with van der Waals surface area (Å²) >= 11 is 0. The summed E-state index contributed by atoms with van der Waals surface area (Å²) in [5.41, 5.74) is 4.00. The smallest absolute Gasteiger partial charge is 0.421 e. The molecule has 2 aliphatic heterocycles. The highest BCUT2D eigenvalue weighted by molar-refractivity contribution is 6.00. The minimum absolute atomic E-state index is 0.0330. The van der Waals surface area contributed by atoms with Gasteiger partial charge in [-0.1, -0.05) is 18.2 Å². The topological polar surface area (TPSA) is 124 Å². The molecule has 0 radical (unpaired) electrons. The maximum Gasteiger partial charge on any atom is 0.433 e. The van der Waals surface area contributed by atoms with E-state index >= 15 is 0 Å². The molecule has 11 nitrogen and oxygen atoms in total. The van der Waals surface area contributed by atoms with E-state index in [0.29, 0.717) is 73.2 Å². The lowest BCUT2D eigenvalue weighted by molar-refractivity contribution is -0.141. The third kappa shape index (κ3) is 6.75. The van der Waals surface area contributed by atoms with E-state index < -0.39 is 11.9 Å². The summed E-state index contributed by atoms with van der Waals surface area (Å²) in [6, 6.07) is 15.8. The van der Waals surface area contributed by atoms with Gasteiger partial charge in [-0.15, -0.1) is 10.2 Å². The second-order valence-electron chi connectivity index (χ2n) is 12.6. The Kier molecular flexibility index (Phi) is 8.95. The highest BCUT2D eigenvalue weighted by Gasteiger charge is 2.34. The lowest BCUT2D eigenvalue weighted by atomic mass is 9.98. The van der Waals surface area contributed by atoms with Crippen molar-refractivity contribution in [2.24, 2.45) is 5.92 Å². The number of alkyl halides is 3. The Labute approximate surface area is 285 Å². The number of amides is 2. The molecule has 50 heavy (non-hydrogen) atoms. The summed E-state index contributed by atoms with van der Waals surface area (Å²) in [5, 5.41) is 15.7. The van der Waals surface area contributed by atoms with E-state index in [4.69, 9.17) is 4.42 Å². The number of H-pyrrole nitrogens is 1. The van der Waals surface area contributed by atoms with Gasteiger partial charge >= 0.3 is 6.18 Å². The zero-order chi connectivity index (χ0) is 35.0. The number of pyridine rings is 1. The Hall–Kier alpha value is -5.37. The molecule has 2 amide bonds. The quantitative estimate of drug-likeness (QED) is 0.211. The predicted octanol–water partition coefficient (Wildman–Crippen LogP) is 5.99. The second-order valence-corrected chi connectivity index (χ2v) is 12.6. The van der Waals surface area contributed by atoms with Crippen molar-refractivity contribution < 1.29 is 27.2 Å². The standard InChI is InChI=1S/C36H35F3N8O3/c1-3-47(28-8-9-30-29(19-28)33(43-42-30)26-10-14-40-31(18-26)36(37,38)39)35(49)27-11-15-45(20-27)21-32(48)46-16-12-24(13-17-46)23-4-6-25(7-5-23)34-44-41-22(2)50-34/h4-10,12,14,18-19,27H,3,11,13,15-17,20-21H2,1-2H3,(H,42,43). The molecule has 1 N–H and O–H groups in total. The summed E-state index contributed by atoms with van der Waals surface area (Å²) in [6.07, 6.45) is -0.0129. The molecule has 0 saturated carbocycles. The van der Waals surface area contributed by atoms with Gasteiger partial charge in [-0.25, -0.2) is 0 Å². The Morgan fingerprint density at radius 2 is 1.82 bits per heavy atom. The summed E-state index contributed by atoms with van der Waals surface area (Å²) in [7, 11) is 0. The molecule has 5 heterocycles. The molecule has 1 unspecified atom stereocenters. The van der Waals surface area contributed by atoms with Crippen molar-refractivity contribution in [3.63, 3.8) is 0 Å². The molecular formula is C36H35F3N8O3. The first-order valence-corrected chi connectivity index (χ1v) is 16.5. The van der Waals surface area contributed by atoms with Crippen LogP contribution in [0.25, 0.3) is 39.2 Å². The number of aromatic amines is 1. The van der Waals surface area contributed by atoms with Crippen LogP contribution in [0.15, 0.2) is 71.3 Å². The van der Waals surface area contributed by atoms with E-state index in [1.54, 1.807) is 30.0 Å². The Morgan fingerprint density at radius 1 is 1.02 bits per heavy atom. The number of halogens is 3. The van der Waals surface area contributed by atoms with E-state index in [1.165, 1.54) is 11.6 Å². The van der Waals surface area contributed by atoms with Gasteiger partial charge in [0.05, 0.1) is 18.0 Å². The van der Waals surface area contributed by atoms with Gasteiger partial charge in [0.15, 0.2) is 0 Å². The number of aromatic nitrogens is 5. The van der Waals surface area contributed by atoms with E-state index in [1.807, 2.05) is 41.0 Å². The summed E-state index contributed by atoms with van der Waals surface area (Å²) in [5.74, 6) is 0.688. The van der Waals surface area contributed by atoms with Gasteiger partial charge in [0, 0.05) is 61.5 Å². The largest absolute Gasteiger partial charge is 0.433 e. The Morgan fingerprint density at radius 3 is 2.52 bits per heavy atom. The SMILES string of the molecule is CCN(C(=O)C1CCN(CC(=O)N2CC=C(c3ccc(-c4nnc(C)o4)cc3)CC2)C1)c1ccc2[nH]nc(-c3ccnc(C(F)(F)F)c3)c2c1. The minimum atomic E-state index is -4.58. The van der Waals surface area contributed by atoms with Crippen LogP contribution in [0, 0.1) is 12.8 Å². The minimum Gasteiger partial charge on any atom is -0.421 e. The van der Waals surface area contributed by atoms with Gasteiger partial charge in [0.2, 0.25) is 23.6 Å². The molecular weight excluding hydrogens is 649 g/mol. The van der Waals surface area contributed by atoms with Crippen LogP contribution in [-0.4, -0.2) is 86.3 Å². The average Bonchev–Trinajstić information content (AvgIpc) is 3.88. The molecule has 3 aromatic heterocycles. The van der Waals surface area contributed by atoms with Gasteiger partial charge in [0.1, 0.15) is 11.4 Å². The Bertz CT molecular complexity index is 2070. The lowest BCUT2D eigenvalue weighted by Crippen LogP contribution is -2.42. The van der Waals surface area contributed by atoms with Crippen LogP contribution in [-0.2, 0) is 15.8 Å². The molecule has 0 bridgehead atoms. The molecule has 14 heteroatoms. The van der Waals surface area contributed by atoms with Gasteiger partial charge in [0.25, 0.3) is 0 Å². The first kappa shape index (κ1) is 33.1. The fourth-order valence-electron chi connectivity index (χ4n) is 6.68. The number of fused-ring (bicyclic) bond motifs is 1. The number of carbonyl (C=O) groups excluding carboxylic acids is 2. The zero-order valence-corrected chi connectivity index (χ0v) is 27.6. The normalized spacial score (nSPS) is 16.9. The van der Waals surface area contributed by atoms with Crippen molar-refractivity contribution in [2.45, 2.75) is 32.9 Å². The van der Waals surface area contributed by atoms with Crippen LogP contribution in [0.3, 0.4) is 0 Å². The first-order chi connectivity index (χ1) is 24.1. The molecule has 0 aliphatic carbocycles. The van der Waals surface area contributed by atoms with Crippen LogP contribution < -0.4 is 4.90 Å². The van der Waals surface area contributed by atoms with Gasteiger partial charge in [-0.2, -0.15) is 18.3 Å². The summed E-state index contributed by atoms with van der Waals surface area (Å²) in [6.45, 7) is 6.53. The number of anilines is 1. The summed E-state index contributed by atoms with van der Waals surface area (Å²) in [4.78, 5) is 36.1. The van der Waals surface area contributed by atoms with Crippen molar-refractivity contribution in [1.82, 2.24) is 35.2 Å². The number of hydrogen-bond donors (Lipinski definition) is 1. The highest BCUT2D eigenvalue weighted by atomic mass is 19.4. The number of carbonyl (C=O) groups is 2. The molecule has 1 fully saturated rings. The molecule has 1 saturated heterocycles.